The Morgan fingerprint density at radius 1 is 1.19 bits per heavy atom. The Balaban J connectivity index is 3.28. The van der Waals surface area contributed by atoms with Crippen LogP contribution in [-0.2, 0) is 0 Å². The fourth-order valence-corrected chi connectivity index (χ4v) is 7.31. The van der Waals surface area contributed by atoms with Gasteiger partial charge in [-0.2, -0.15) is 8.78 Å². The third kappa shape index (κ3) is 2.43. The molecule has 1 aromatic heterocycles. The molecule has 4 heteroatoms. The lowest BCUT2D eigenvalue weighted by molar-refractivity contribution is 0.427. The van der Waals surface area contributed by atoms with Crippen LogP contribution in [0.1, 0.15) is 25.6 Å². The highest BCUT2D eigenvalue weighted by Crippen LogP contribution is 2.40. The molecule has 0 nitrogen and oxygen atoms in total. The van der Waals surface area contributed by atoms with Crippen LogP contribution < -0.4 is 0 Å². The molecule has 0 aromatic carbocycles. The topological polar surface area (TPSA) is 0 Å². The van der Waals surface area contributed by atoms with Crippen molar-refractivity contribution in [1.82, 2.24) is 0 Å². The highest BCUT2D eigenvalue weighted by molar-refractivity contribution is 7.14. The van der Waals surface area contributed by atoms with E-state index in [4.69, 9.17) is 0 Å². The number of halogens is 2. The standard InChI is InChI=1S/C12H18F2SSi/c1-4-16(5-2,6-3)11(12(13)14)10-8-7-9-15-10/h7-9H,4-6H2,1-3H3. The maximum absolute atomic E-state index is 13.2. The summed E-state index contributed by atoms with van der Waals surface area (Å²) in [5, 5.41) is 2.27. The second-order valence-corrected chi connectivity index (χ2v) is 10.1. The number of hydrogen-bond acceptors (Lipinski definition) is 1. The molecule has 0 unspecified atom stereocenters. The Bertz CT molecular complexity index is 341. The van der Waals surface area contributed by atoms with Gasteiger partial charge in [0.25, 0.3) is 6.08 Å². The Kier molecular flexibility index (Phi) is 4.86. The van der Waals surface area contributed by atoms with Crippen molar-refractivity contribution < 1.29 is 8.78 Å². The minimum atomic E-state index is -1.97. The second-order valence-electron chi connectivity index (χ2n) is 3.95. The van der Waals surface area contributed by atoms with E-state index in [0.717, 1.165) is 23.0 Å². The van der Waals surface area contributed by atoms with E-state index >= 15 is 0 Å². The molecule has 0 radical (unpaired) electrons. The molecule has 1 aromatic rings. The van der Waals surface area contributed by atoms with Crippen molar-refractivity contribution in [3.05, 3.63) is 28.5 Å². The van der Waals surface area contributed by atoms with Gasteiger partial charge in [-0.05, 0) is 11.4 Å². The van der Waals surface area contributed by atoms with Crippen LogP contribution in [0.5, 0.6) is 0 Å². The van der Waals surface area contributed by atoms with Crippen molar-refractivity contribution in [2.75, 3.05) is 0 Å². The molecule has 0 aliphatic heterocycles. The van der Waals surface area contributed by atoms with E-state index in [1.165, 1.54) is 11.3 Å². The third-order valence-electron chi connectivity index (χ3n) is 3.52. The van der Waals surface area contributed by atoms with E-state index in [1.807, 2.05) is 17.5 Å². The molecule has 0 amide bonds. The van der Waals surface area contributed by atoms with Gasteiger partial charge in [0.15, 0.2) is 0 Å². The molecule has 0 fully saturated rings. The molecular formula is C12H18F2SSi. The predicted molar refractivity (Wildman–Crippen MR) is 70.7 cm³/mol. The van der Waals surface area contributed by atoms with Gasteiger partial charge in [0.05, 0.1) is 8.07 Å². The van der Waals surface area contributed by atoms with Crippen molar-refractivity contribution in [1.29, 1.82) is 0 Å². The van der Waals surface area contributed by atoms with Gasteiger partial charge in [-0.25, -0.2) is 0 Å². The van der Waals surface area contributed by atoms with Crippen LogP contribution in [0, 0.1) is 0 Å². The molecule has 1 heterocycles. The summed E-state index contributed by atoms with van der Waals surface area (Å²) >= 11 is 1.43. The van der Waals surface area contributed by atoms with E-state index in [-0.39, 0.29) is 0 Å². The van der Waals surface area contributed by atoms with Crippen molar-refractivity contribution in [2.45, 2.75) is 38.9 Å². The van der Waals surface area contributed by atoms with Crippen LogP contribution >= 0.6 is 11.3 Å². The zero-order chi connectivity index (χ0) is 12.2. The van der Waals surface area contributed by atoms with Gasteiger partial charge in [0.1, 0.15) is 0 Å². The molecule has 0 saturated heterocycles. The highest BCUT2D eigenvalue weighted by Gasteiger charge is 2.36. The molecule has 0 aliphatic rings. The number of rotatable bonds is 5. The van der Waals surface area contributed by atoms with Gasteiger partial charge in [-0.3, -0.25) is 0 Å². The number of hydrogen-bond donors (Lipinski definition) is 0. The van der Waals surface area contributed by atoms with Crippen LogP contribution in [0.15, 0.2) is 23.6 Å². The fraction of sp³-hybridized carbons (Fsp3) is 0.500. The highest BCUT2D eigenvalue weighted by atomic mass is 32.1. The van der Waals surface area contributed by atoms with Crippen LogP contribution in [-0.4, -0.2) is 8.07 Å². The monoisotopic (exact) mass is 260 g/mol. The minimum Gasteiger partial charge on any atom is -0.173 e. The SMILES string of the molecule is CC[Si](CC)(CC)C(=C(F)F)c1cccs1. The van der Waals surface area contributed by atoms with Crippen molar-refractivity contribution >= 4 is 24.6 Å². The molecule has 0 saturated carbocycles. The summed E-state index contributed by atoms with van der Waals surface area (Å²) in [7, 11) is -1.97. The van der Waals surface area contributed by atoms with E-state index in [9.17, 15) is 8.78 Å². The Labute approximate surface area is 101 Å². The minimum absolute atomic E-state index is 0.398. The molecule has 16 heavy (non-hydrogen) atoms. The molecule has 1 rings (SSSR count). The van der Waals surface area contributed by atoms with E-state index in [2.05, 4.69) is 20.8 Å². The summed E-state index contributed by atoms with van der Waals surface area (Å²) < 4.78 is 26.5. The predicted octanol–water partition coefficient (Wildman–Crippen LogP) is 5.40. The zero-order valence-electron chi connectivity index (χ0n) is 10.0. The summed E-state index contributed by atoms with van der Waals surface area (Å²) in [4.78, 5) is 0.775. The summed E-state index contributed by atoms with van der Waals surface area (Å²) in [6.07, 6.45) is -1.46. The summed E-state index contributed by atoms with van der Waals surface area (Å²) in [5.41, 5.74) is 0. The van der Waals surface area contributed by atoms with Gasteiger partial charge in [0, 0.05) is 10.1 Å². The van der Waals surface area contributed by atoms with Gasteiger partial charge >= 0.3 is 0 Å². The summed E-state index contributed by atoms with van der Waals surface area (Å²) in [5.74, 6) is 0. The van der Waals surface area contributed by atoms with Crippen LogP contribution in [0.3, 0.4) is 0 Å². The van der Waals surface area contributed by atoms with Crippen molar-refractivity contribution in [3.63, 3.8) is 0 Å². The quantitative estimate of drug-likeness (QED) is 0.621. The lowest BCUT2D eigenvalue weighted by atomic mass is 10.4. The molecule has 0 spiro atoms. The van der Waals surface area contributed by atoms with E-state index in [1.54, 1.807) is 0 Å². The zero-order valence-corrected chi connectivity index (χ0v) is 11.8. The van der Waals surface area contributed by atoms with Crippen molar-refractivity contribution in [2.24, 2.45) is 0 Å². The summed E-state index contributed by atoms with van der Waals surface area (Å²) in [6, 6.07) is 6.35. The summed E-state index contributed by atoms with van der Waals surface area (Å²) in [6.45, 7) is 6.15. The van der Waals surface area contributed by atoms with Crippen LogP contribution in [0.2, 0.25) is 18.1 Å². The first-order chi connectivity index (χ1) is 7.61. The van der Waals surface area contributed by atoms with Gasteiger partial charge < -0.3 is 0 Å². The second kappa shape index (κ2) is 5.73. The molecular weight excluding hydrogens is 242 g/mol. The molecule has 0 atom stereocenters. The fourth-order valence-electron chi connectivity index (χ4n) is 2.26. The van der Waals surface area contributed by atoms with E-state index in [0.29, 0.717) is 5.20 Å². The van der Waals surface area contributed by atoms with Crippen molar-refractivity contribution in [3.8, 4) is 0 Å². The number of thiophene rings is 1. The lowest BCUT2D eigenvalue weighted by Crippen LogP contribution is -2.33. The lowest BCUT2D eigenvalue weighted by Gasteiger charge is -2.29. The molecule has 0 aliphatic carbocycles. The van der Waals surface area contributed by atoms with Gasteiger partial charge in [-0.1, -0.05) is 45.0 Å². The smallest absolute Gasteiger partial charge is 0.173 e. The Hall–Kier alpha value is -0.483. The average Bonchev–Trinajstić information content (AvgIpc) is 2.78. The average molecular weight is 260 g/mol. The first kappa shape index (κ1) is 13.6. The normalized spacial score (nSPS) is 11.6. The van der Waals surface area contributed by atoms with Gasteiger partial charge in [0.2, 0.25) is 0 Å². The van der Waals surface area contributed by atoms with E-state index < -0.39 is 14.2 Å². The van der Waals surface area contributed by atoms with Gasteiger partial charge in [-0.15, -0.1) is 11.3 Å². The Morgan fingerprint density at radius 2 is 1.75 bits per heavy atom. The maximum atomic E-state index is 13.2. The Morgan fingerprint density at radius 3 is 2.06 bits per heavy atom. The molecule has 90 valence electrons. The maximum Gasteiger partial charge on any atom is 0.270 e. The van der Waals surface area contributed by atoms with Crippen LogP contribution in [0.4, 0.5) is 8.78 Å². The first-order valence-corrected chi connectivity index (χ1v) is 9.21. The first-order valence-electron chi connectivity index (χ1n) is 5.71. The molecule has 0 N–H and O–H groups in total. The molecule has 0 bridgehead atoms. The largest absolute Gasteiger partial charge is 0.270 e. The third-order valence-corrected chi connectivity index (χ3v) is 10.2. The van der Waals surface area contributed by atoms with Crippen LogP contribution in [0.25, 0.3) is 5.20 Å².